The number of hydrogen-bond acceptors (Lipinski definition) is 7. The molecule has 0 unspecified atom stereocenters. The summed E-state index contributed by atoms with van der Waals surface area (Å²) in [4.78, 5) is 46.1. The number of rotatable bonds is 10. The summed E-state index contributed by atoms with van der Waals surface area (Å²) >= 11 is 0. The molecule has 1 aliphatic rings. The monoisotopic (exact) mass is 594 g/mol. The first kappa shape index (κ1) is 29.7. The highest BCUT2D eigenvalue weighted by atomic mass is 31.2. The van der Waals surface area contributed by atoms with Gasteiger partial charge in [-0.3, -0.25) is 18.9 Å². The Labute approximate surface area is 241 Å². The average Bonchev–Trinajstić information content (AvgIpc) is 3.37. The van der Waals surface area contributed by atoms with Gasteiger partial charge in [0.25, 0.3) is 5.56 Å². The van der Waals surface area contributed by atoms with Crippen LogP contribution in [0.4, 0.5) is 0 Å². The second kappa shape index (κ2) is 12.2. The van der Waals surface area contributed by atoms with Gasteiger partial charge in [0.1, 0.15) is 29.8 Å². The highest BCUT2D eigenvalue weighted by molar-refractivity contribution is 7.46. The van der Waals surface area contributed by atoms with Crippen molar-refractivity contribution < 1.29 is 33.1 Å². The lowest BCUT2D eigenvalue weighted by Gasteiger charge is -2.37. The molecule has 0 bridgehead atoms. The summed E-state index contributed by atoms with van der Waals surface area (Å²) < 4.78 is 36.5. The molecule has 0 spiro atoms. The highest BCUT2D eigenvalue weighted by Gasteiger charge is 2.44. The second-order valence-corrected chi connectivity index (χ2v) is 11.1. The van der Waals surface area contributed by atoms with Crippen molar-refractivity contribution in [1.29, 1.82) is 0 Å². The lowest BCUT2D eigenvalue weighted by Crippen LogP contribution is -2.38. The van der Waals surface area contributed by atoms with E-state index in [0.717, 1.165) is 16.7 Å². The van der Waals surface area contributed by atoms with Crippen LogP contribution in [-0.4, -0.2) is 45.3 Å². The predicted molar refractivity (Wildman–Crippen MR) is 153 cm³/mol. The van der Waals surface area contributed by atoms with Gasteiger partial charge in [-0.25, -0.2) is 9.36 Å². The number of benzene rings is 3. The molecule has 0 saturated carbocycles. The number of nitrogens with one attached hydrogen (secondary N) is 1. The summed E-state index contributed by atoms with van der Waals surface area (Å²) in [5.41, 5.74) is 0.230. The van der Waals surface area contributed by atoms with Crippen molar-refractivity contribution in [2.75, 3.05) is 13.7 Å². The van der Waals surface area contributed by atoms with Gasteiger partial charge in [0.2, 0.25) is 0 Å². The molecule has 0 amide bonds. The molecule has 220 valence electrons. The number of aromatic amines is 1. The molecule has 1 saturated heterocycles. The third-order valence-corrected chi connectivity index (χ3v) is 7.78. The molecular weight excluding hydrogens is 563 g/mol. The fourth-order valence-corrected chi connectivity index (χ4v) is 5.81. The van der Waals surface area contributed by atoms with Crippen molar-refractivity contribution in [2.24, 2.45) is 0 Å². The van der Waals surface area contributed by atoms with E-state index in [1.54, 1.807) is 7.11 Å². The van der Waals surface area contributed by atoms with E-state index >= 15 is 0 Å². The third-order valence-electron chi connectivity index (χ3n) is 7.23. The summed E-state index contributed by atoms with van der Waals surface area (Å²) in [6.07, 6.45) is -1.82. The lowest BCUT2D eigenvalue weighted by molar-refractivity contribution is -0.0934. The average molecular weight is 595 g/mol. The molecule has 0 radical (unpaired) electrons. The number of hydrogen-bond donors (Lipinski definition) is 3. The minimum absolute atomic E-state index is 0.0727. The van der Waals surface area contributed by atoms with Gasteiger partial charge < -0.3 is 24.0 Å². The third kappa shape index (κ3) is 6.17. The molecule has 4 aromatic rings. The molecule has 2 heterocycles. The van der Waals surface area contributed by atoms with Crippen LogP contribution < -0.4 is 16.0 Å². The predicted octanol–water partition coefficient (Wildman–Crippen LogP) is 3.63. The maximum Gasteiger partial charge on any atom is 0.469 e. The topological polar surface area (TPSA) is 149 Å². The van der Waals surface area contributed by atoms with Gasteiger partial charge in [0.15, 0.2) is 0 Å². The van der Waals surface area contributed by atoms with E-state index in [1.807, 2.05) is 84.9 Å². The molecule has 1 aromatic heterocycles. The van der Waals surface area contributed by atoms with Gasteiger partial charge in [-0.1, -0.05) is 72.8 Å². The molecule has 3 aromatic carbocycles. The number of methoxy groups -OCH3 is 1. The van der Waals surface area contributed by atoms with E-state index in [0.29, 0.717) is 5.75 Å². The molecule has 42 heavy (non-hydrogen) atoms. The Balaban J connectivity index is 1.57. The number of phosphoric ester groups is 1. The molecule has 1 fully saturated rings. The van der Waals surface area contributed by atoms with Crippen LogP contribution in [0.5, 0.6) is 5.75 Å². The molecule has 0 aliphatic carbocycles. The number of aromatic nitrogens is 2. The standard InChI is InChI=1S/C30H31N2O9P/c1-20-18-32(29(34)31-28(20)33)27-17-25(41-42(35,36)37)26(40-27)19-39-30(21-9-5-3-6-10-21,22-11-7-4-8-12-22)23-13-15-24(38-2)16-14-23/h3-16,18,25-27H,17,19H2,1-2H3,(H,31,33,34)(H2,35,36,37)/t25-,26+,27+/m0/s1. The Bertz CT molecular complexity index is 1630. The zero-order valence-corrected chi connectivity index (χ0v) is 23.8. The van der Waals surface area contributed by atoms with Crippen LogP contribution in [0.15, 0.2) is 101 Å². The molecule has 3 atom stereocenters. The normalized spacial score (nSPS) is 19.1. The first-order chi connectivity index (χ1) is 20.1. The van der Waals surface area contributed by atoms with Gasteiger partial charge in [0, 0.05) is 18.2 Å². The Hall–Kier alpha value is -3.83. The summed E-state index contributed by atoms with van der Waals surface area (Å²) in [5.74, 6) is 0.660. The van der Waals surface area contributed by atoms with Crippen LogP contribution in [0.3, 0.4) is 0 Å². The van der Waals surface area contributed by atoms with Gasteiger partial charge >= 0.3 is 13.5 Å². The van der Waals surface area contributed by atoms with Crippen LogP contribution in [0.2, 0.25) is 0 Å². The smallest absolute Gasteiger partial charge is 0.469 e. The van der Waals surface area contributed by atoms with Crippen LogP contribution in [0.25, 0.3) is 0 Å². The largest absolute Gasteiger partial charge is 0.497 e. The Morgan fingerprint density at radius 1 is 0.952 bits per heavy atom. The van der Waals surface area contributed by atoms with Crippen LogP contribution in [0, 0.1) is 6.92 Å². The van der Waals surface area contributed by atoms with Crippen molar-refractivity contribution >= 4 is 7.82 Å². The minimum Gasteiger partial charge on any atom is -0.497 e. The highest BCUT2D eigenvalue weighted by Crippen LogP contribution is 2.45. The van der Waals surface area contributed by atoms with Crippen molar-refractivity contribution in [3.63, 3.8) is 0 Å². The van der Waals surface area contributed by atoms with Gasteiger partial charge in [-0.15, -0.1) is 0 Å². The molecule has 3 N–H and O–H groups in total. The Morgan fingerprint density at radius 3 is 2.07 bits per heavy atom. The number of aryl methyl sites for hydroxylation is 1. The molecule has 11 nitrogen and oxygen atoms in total. The van der Waals surface area contributed by atoms with E-state index in [-0.39, 0.29) is 18.6 Å². The number of ether oxygens (including phenoxy) is 3. The van der Waals surface area contributed by atoms with Crippen LogP contribution >= 0.6 is 7.82 Å². The molecule has 12 heteroatoms. The fourth-order valence-electron chi connectivity index (χ4n) is 5.24. The zero-order chi connectivity index (χ0) is 29.9. The van der Waals surface area contributed by atoms with E-state index in [1.165, 1.54) is 17.7 Å². The SMILES string of the molecule is COc1ccc(C(OC[C@H]2O[C@@H](n3cc(C)c(=O)[nH]c3=O)C[C@@H]2OP(=O)(O)O)(c2ccccc2)c2ccccc2)cc1. The Kier molecular flexibility index (Phi) is 8.60. The van der Waals surface area contributed by atoms with Gasteiger partial charge in [0.05, 0.1) is 13.7 Å². The second-order valence-electron chi connectivity index (χ2n) is 9.93. The summed E-state index contributed by atoms with van der Waals surface area (Å²) in [6, 6.07) is 26.5. The van der Waals surface area contributed by atoms with Crippen LogP contribution in [-0.2, 0) is 24.2 Å². The lowest BCUT2D eigenvalue weighted by atomic mass is 9.80. The fraction of sp³-hybridized carbons (Fsp3) is 0.267. The van der Waals surface area contributed by atoms with E-state index in [2.05, 4.69) is 4.98 Å². The first-order valence-corrected chi connectivity index (χ1v) is 14.7. The number of H-pyrrole nitrogens is 1. The minimum atomic E-state index is -4.94. The van der Waals surface area contributed by atoms with Crippen molar-refractivity contribution in [3.05, 3.63) is 134 Å². The quantitative estimate of drug-likeness (QED) is 0.185. The number of phosphoric acid groups is 1. The van der Waals surface area contributed by atoms with Crippen molar-refractivity contribution in [3.8, 4) is 5.75 Å². The van der Waals surface area contributed by atoms with E-state index in [9.17, 15) is 23.9 Å². The first-order valence-electron chi connectivity index (χ1n) is 13.2. The molecule has 1 aliphatic heterocycles. The molecule has 5 rings (SSSR count). The van der Waals surface area contributed by atoms with E-state index < -0.39 is 43.1 Å². The van der Waals surface area contributed by atoms with Gasteiger partial charge in [-0.05, 0) is 35.7 Å². The summed E-state index contributed by atoms with van der Waals surface area (Å²) in [5, 5.41) is 0. The summed E-state index contributed by atoms with van der Waals surface area (Å²) in [7, 11) is -3.36. The zero-order valence-electron chi connectivity index (χ0n) is 23.0. The molecular formula is C30H31N2O9P. The van der Waals surface area contributed by atoms with Crippen molar-refractivity contribution in [1.82, 2.24) is 9.55 Å². The Morgan fingerprint density at radius 2 is 1.52 bits per heavy atom. The maximum atomic E-state index is 12.6. The van der Waals surface area contributed by atoms with Crippen LogP contribution in [0.1, 0.15) is 34.9 Å². The van der Waals surface area contributed by atoms with E-state index in [4.69, 9.17) is 18.7 Å². The number of nitrogens with zero attached hydrogens (tertiary/aromatic N) is 1. The summed E-state index contributed by atoms with van der Waals surface area (Å²) in [6.45, 7) is 1.37. The van der Waals surface area contributed by atoms with Crippen molar-refractivity contribution in [2.45, 2.75) is 37.4 Å². The van der Waals surface area contributed by atoms with Gasteiger partial charge in [-0.2, -0.15) is 0 Å². The maximum absolute atomic E-state index is 12.6.